The highest BCUT2D eigenvalue weighted by Gasteiger charge is 2.40. The Balaban J connectivity index is 1.27. The monoisotopic (exact) mass is 312 g/mol. The second-order valence-corrected chi connectivity index (χ2v) is 6.35. The molecule has 4 rings (SSSR count). The zero-order valence-electron chi connectivity index (χ0n) is 12.9. The Hall–Kier alpha value is -2.37. The predicted octanol–water partition coefficient (Wildman–Crippen LogP) is 2.51. The molecule has 2 aromatic rings. The number of nitrogens with zero attached hydrogens (tertiary/aromatic N) is 3. The fourth-order valence-electron chi connectivity index (χ4n) is 3.36. The van der Waals surface area contributed by atoms with Crippen molar-refractivity contribution in [2.24, 2.45) is 0 Å². The molecule has 2 amide bonds. The van der Waals surface area contributed by atoms with Crippen LogP contribution in [0.3, 0.4) is 0 Å². The van der Waals surface area contributed by atoms with Crippen LogP contribution in [0.2, 0.25) is 0 Å². The molecule has 1 aliphatic carbocycles. The average Bonchev–Trinajstić information content (AvgIpc) is 3.15. The minimum atomic E-state index is 0.0532. The van der Waals surface area contributed by atoms with Crippen LogP contribution in [-0.4, -0.2) is 40.3 Å². The summed E-state index contributed by atoms with van der Waals surface area (Å²) in [6, 6.07) is 10.7. The van der Waals surface area contributed by atoms with Crippen LogP contribution in [0.15, 0.2) is 41.1 Å². The number of urea groups is 1. The highest BCUT2D eigenvalue weighted by Crippen LogP contribution is 2.40. The van der Waals surface area contributed by atoms with Crippen molar-refractivity contribution in [2.45, 2.75) is 37.1 Å². The molecule has 6 heteroatoms. The Bertz CT molecular complexity index is 650. The van der Waals surface area contributed by atoms with Crippen molar-refractivity contribution in [2.75, 3.05) is 13.1 Å². The van der Waals surface area contributed by atoms with Crippen molar-refractivity contribution in [3.05, 3.63) is 48.2 Å². The van der Waals surface area contributed by atoms with Gasteiger partial charge in [-0.15, -0.1) is 10.2 Å². The minimum Gasteiger partial charge on any atom is -0.428 e. The van der Waals surface area contributed by atoms with Crippen LogP contribution in [0, 0.1) is 0 Å². The second kappa shape index (κ2) is 6.02. The van der Waals surface area contributed by atoms with E-state index >= 15 is 0 Å². The number of aromatic nitrogens is 2. The van der Waals surface area contributed by atoms with Gasteiger partial charge >= 0.3 is 6.03 Å². The van der Waals surface area contributed by atoms with Crippen molar-refractivity contribution < 1.29 is 9.21 Å². The first-order valence-corrected chi connectivity index (χ1v) is 8.17. The summed E-state index contributed by atoms with van der Waals surface area (Å²) in [5.74, 6) is 1.44. The van der Waals surface area contributed by atoms with Crippen LogP contribution in [-0.2, 0) is 0 Å². The van der Waals surface area contributed by atoms with E-state index in [0.29, 0.717) is 11.8 Å². The molecule has 1 aromatic carbocycles. The SMILES string of the molecule is O=C(N[C@@H]1C[C@H]1c1ccccc1)N1CCC(c2nnco2)CC1. The Morgan fingerprint density at radius 2 is 2.00 bits per heavy atom. The molecule has 23 heavy (non-hydrogen) atoms. The quantitative estimate of drug-likeness (QED) is 0.945. The first kappa shape index (κ1) is 14.2. The first-order valence-electron chi connectivity index (χ1n) is 8.17. The largest absolute Gasteiger partial charge is 0.428 e. The van der Waals surface area contributed by atoms with Crippen molar-refractivity contribution in [3.8, 4) is 0 Å². The van der Waals surface area contributed by atoms with Gasteiger partial charge in [0.15, 0.2) is 0 Å². The minimum absolute atomic E-state index is 0.0532. The van der Waals surface area contributed by atoms with E-state index in [1.165, 1.54) is 12.0 Å². The Labute approximate surface area is 134 Å². The molecule has 0 radical (unpaired) electrons. The van der Waals surface area contributed by atoms with Crippen molar-refractivity contribution in [1.82, 2.24) is 20.4 Å². The summed E-state index contributed by atoms with van der Waals surface area (Å²) in [5, 5.41) is 10.9. The molecular weight excluding hydrogens is 292 g/mol. The summed E-state index contributed by atoms with van der Waals surface area (Å²) in [6.07, 6.45) is 4.16. The van der Waals surface area contributed by atoms with Crippen LogP contribution in [0.4, 0.5) is 4.79 Å². The van der Waals surface area contributed by atoms with Crippen LogP contribution >= 0.6 is 0 Å². The van der Waals surface area contributed by atoms with Gasteiger partial charge in [-0.3, -0.25) is 0 Å². The Morgan fingerprint density at radius 3 is 2.70 bits per heavy atom. The molecule has 0 bridgehead atoms. The van der Waals surface area contributed by atoms with Gasteiger partial charge in [0.1, 0.15) is 0 Å². The third-order valence-electron chi connectivity index (χ3n) is 4.84. The fraction of sp³-hybridized carbons (Fsp3) is 0.471. The Morgan fingerprint density at radius 1 is 1.22 bits per heavy atom. The van der Waals surface area contributed by atoms with Gasteiger partial charge in [0, 0.05) is 31.0 Å². The van der Waals surface area contributed by atoms with E-state index in [1.54, 1.807) is 0 Å². The lowest BCUT2D eigenvalue weighted by Gasteiger charge is -2.30. The molecule has 6 nitrogen and oxygen atoms in total. The van der Waals surface area contributed by atoms with Gasteiger partial charge in [-0.25, -0.2) is 4.79 Å². The highest BCUT2D eigenvalue weighted by molar-refractivity contribution is 5.75. The summed E-state index contributed by atoms with van der Waals surface area (Å²) in [6.45, 7) is 1.48. The predicted molar refractivity (Wildman–Crippen MR) is 84.0 cm³/mol. The molecule has 1 aromatic heterocycles. The molecule has 1 saturated heterocycles. The van der Waals surface area contributed by atoms with Crippen LogP contribution < -0.4 is 5.32 Å². The first-order chi connectivity index (χ1) is 11.3. The van der Waals surface area contributed by atoms with Gasteiger partial charge in [0.25, 0.3) is 0 Å². The number of nitrogens with one attached hydrogen (secondary N) is 1. The zero-order chi connectivity index (χ0) is 15.6. The molecule has 1 saturated carbocycles. The van der Waals surface area contributed by atoms with Gasteiger partial charge in [0.2, 0.25) is 12.3 Å². The number of benzene rings is 1. The molecule has 2 atom stereocenters. The standard InChI is InChI=1S/C17H20N4O2/c22-17(19-15-10-14(15)12-4-2-1-3-5-12)21-8-6-13(7-9-21)16-20-18-11-23-16/h1-5,11,13-15H,6-10H2,(H,19,22)/t14-,15+/m0/s1. The summed E-state index contributed by atoms with van der Waals surface area (Å²) in [7, 11) is 0. The number of carbonyl (C=O) groups is 1. The van der Waals surface area contributed by atoms with E-state index in [-0.39, 0.29) is 18.0 Å². The molecule has 120 valence electrons. The summed E-state index contributed by atoms with van der Waals surface area (Å²) in [5.41, 5.74) is 1.31. The number of likely N-dealkylation sites (tertiary alicyclic amines) is 1. The number of carbonyl (C=O) groups excluding carboxylic acids is 1. The van der Waals surface area contributed by atoms with E-state index in [2.05, 4.69) is 39.8 Å². The van der Waals surface area contributed by atoms with Crippen LogP contribution in [0.25, 0.3) is 0 Å². The molecule has 1 aliphatic heterocycles. The molecule has 2 fully saturated rings. The smallest absolute Gasteiger partial charge is 0.317 e. The lowest BCUT2D eigenvalue weighted by Crippen LogP contribution is -2.45. The fourth-order valence-corrected chi connectivity index (χ4v) is 3.36. The van der Waals surface area contributed by atoms with Gasteiger partial charge in [0.05, 0.1) is 0 Å². The van der Waals surface area contributed by atoms with Crippen molar-refractivity contribution >= 4 is 6.03 Å². The maximum Gasteiger partial charge on any atom is 0.317 e. The molecule has 0 unspecified atom stereocenters. The van der Waals surface area contributed by atoms with Crippen molar-refractivity contribution in [1.29, 1.82) is 0 Å². The maximum absolute atomic E-state index is 12.4. The summed E-state index contributed by atoms with van der Waals surface area (Å²) < 4.78 is 5.27. The van der Waals surface area contributed by atoms with Crippen molar-refractivity contribution in [3.63, 3.8) is 0 Å². The Kier molecular flexibility index (Phi) is 3.73. The normalized spacial score (nSPS) is 24.4. The molecule has 2 aliphatic rings. The lowest BCUT2D eigenvalue weighted by molar-refractivity contribution is 0.176. The van der Waals surface area contributed by atoms with E-state index in [9.17, 15) is 4.79 Å². The topological polar surface area (TPSA) is 71.3 Å². The van der Waals surface area contributed by atoms with Gasteiger partial charge in [-0.05, 0) is 24.8 Å². The summed E-state index contributed by atoms with van der Waals surface area (Å²) in [4.78, 5) is 14.3. The number of rotatable bonds is 3. The van der Waals surface area contributed by atoms with Gasteiger partial charge < -0.3 is 14.6 Å². The van der Waals surface area contributed by atoms with Crippen LogP contribution in [0.5, 0.6) is 0 Å². The van der Waals surface area contributed by atoms with E-state index in [0.717, 1.165) is 32.4 Å². The highest BCUT2D eigenvalue weighted by atomic mass is 16.4. The molecule has 1 N–H and O–H groups in total. The van der Waals surface area contributed by atoms with Crippen LogP contribution in [0.1, 0.15) is 42.6 Å². The molecular formula is C17H20N4O2. The third kappa shape index (κ3) is 3.06. The summed E-state index contributed by atoms with van der Waals surface area (Å²) >= 11 is 0. The zero-order valence-corrected chi connectivity index (χ0v) is 12.9. The van der Waals surface area contributed by atoms with Gasteiger partial charge in [-0.1, -0.05) is 30.3 Å². The van der Waals surface area contributed by atoms with E-state index in [1.807, 2.05) is 11.0 Å². The second-order valence-electron chi connectivity index (χ2n) is 6.35. The van der Waals surface area contributed by atoms with E-state index in [4.69, 9.17) is 4.42 Å². The number of hydrogen-bond donors (Lipinski definition) is 1. The number of hydrogen-bond acceptors (Lipinski definition) is 4. The number of amides is 2. The van der Waals surface area contributed by atoms with Gasteiger partial charge in [-0.2, -0.15) is 0 Å². The third-order valence-corrected chi connectivity index (χ3v) is 4.84. The lowest BCUT2D eigenvalue weighted by atomic mass is 9.97. The maximum atomic E-state index is 12.4. The molecule has 0 spiro atoms. The number of piperidine rings is 1. The molecule has 2 heterocycles. The average molecular weight is 312 g/mol. The van der Waals surface area contributed by atoms with E-state index < -0.39 is 0 Å².